The molecule has 0 aliphatic rings. The van der Waals surface area contributed by atoms with Gasteiger partial charge in [0.05, 0.1) is 18.8 Å². The topological polar surface area (TPSA) is 65.0 Å². The highest BCUT2D eigenvalue weighted by Crippen LogP contribution is 2.10. The molecule has 0 aromatic heterocycles. The zero-order valence-electron chi connectivity index (χ0n) is 13.2. The molecule has 0 radical (unpaired) electrons. The maximum absolute atomic E-state index is 10.1. The minimum Gasteiger partial charge on any atom is -0.450 e. The average Bonchev–Trinajstić information content (AvgIpc) is 2.33. The Balaban J connectivity index is 3.05. The first-order chi connectivity index (χ1) is 9.42. The van der Waals surface area contributed by atoms with Crippen molar-refractivity contribution in [2.75, 3.05) is 13.2 Å². The van der Waals surface area contributed by atoms with Crippen molar-refractivity contribution in [2.24, 2.45) is 0 Å². The van der Waals surface area contributed by atoms with Crippen LogP contribution in [0.1, 0.15) is 72.1 Å². The smallest absolute Gasteiger partial charge is 0.450 e. The van der Waals surface area contributed by atoms with Gasteiger partial charge in [0.1, 0.15) is 0 Å². The van der Waals surface area contributed by atoms with Crippen molar-refractivity contribution >= 4 is 6.16 Å². The Labute approximate surface area is 122 Å². The Kier molecular flexibility index (Phi) is 11.5. The van der Waals surface area contributed by atoms with Gasteiger partial charge in [-0.15, -0.1) is 0 Å². The van der Waals surface area contributed by atoms with Crippen LogP contribution in [0.3, 0.4) is 0 Å². The molecule has 0 unspecified atom stereocenters. The van der Waals surface area contributed by atoms with Gasteiger partial charge >= 0.3 is 6.16 Å². The standard InChI is InChI=1S/C15H30O5/c1-15(2,3)20-19-13-11-9-7-5-4-6-8-10-12-18-14(16)17/h4-13H2,1-3H3,(H,16,17). The number of carboxylic acid groups (broad SMARTS) is 1. The molecule has 0 rings (SSSR count). The zero-order chi connectivity index (χ0) is 15.3. The molecule has 5 heteroatoms. The van der Waals surface area contributed by atoms with Gasteiger partial charge in [0.2, 0.25) is 0 Å². The quantitative estimate of drug-likeness (QED) is 0.247. The molecule has 0 aromatic carbocycles. The van der Waals surface area contributed by atoms with E-state index in [-0.39, 0.29) is 5.60 Å². The van der Waals surface area contributed by atoms with Crippen LogP contribution in [0.2, 0.25) is 0 Å². The van der Waals surface area contributed by atoms with Gasteiger partial charge in [0.25, 0.3) is 0 Å². The molecule has 0 fully saturated rings. The lowest BCUT2D eigenvalue weighted by atomic mass is 10.1. The van der Waals surface area contributed by atoms with Crippen molar-refractivity contribution in [1.29, 1.82) is 0 Å². The molecule has 0 saturated heterocycles. The third-order valence-electron chi connectivity index (χ3n) is 2.66. The Morgan fingerprint density at radius 2 is 1.30 bits per heavy atom. The van der Waals surface area contributed by atoms with Crippen molar-refractivity contribution in [1.82, 2.24) is 0 Å². The summed E-state index contributed by atoms with van der Waals surface area (Å²) in [6.45, 7) is 6.88. The van der Waals surface area contributed by atoms with Crippen LogP contribution in [0.25, 0.3) is 0 Å². The van der Waals surface area contributed by atoms with Crippen molar-refractivity contribution < 1.29 is 24.4 Å². The fourth-order valence-corrected chi connectivity index (χ4v) is 1.70. The lowest BCUT2D eigenvalue weighted by molar-refractivity contribution is -0.348. The summed E-state index contributed by atoms with van der Waals surface area (Å²) in [5.74, 6) is 0. The lowest BCUT2D eigenvalue weighted by Gasteiger charge is -2.17. The highest BCUT2D eigenvalue weighted by atomic mass is 17.2. The first-order valence-electron chi connectivity index (χ1n) is 7.58. The molecule has 0 spiro atoms. The molecule has 0 aliphatic carbocycles. The summed E-state index contributed by atoms with van der Waals surface area (Å²) in [4.78, 5) is 20.4. The summed E-state index contributed by atoms with van der Waals surface area (Å²) in [6, 6.07) is 0. The largest absolute Gasteiger partial charge is 0.505 e. The number of carbonyl (C=O) groups is 1. The molecule has 0 heterocycles. The van der Waals surface area contributed by atoms with Crippen LogP contribution >= 0.6 is 0 Å². The van der Waals surface area contributed by atoms with Gasteiger partial charge in [0, 0.05) is 0 Å². The van der Waals surface area contributed by atoms with Crippen LogP contribution in [0, 0.1) is 0 Å². The number of hydrogen-bond acceptors (Lipinski definition) is 4. The fourth-order valence-electron chi connectivity index (χ4n) is 1.70. The van der Waals surface area contributed by atoms with E-state index in [1.54, 1.807) is 0 Å². The van der Waals surface area contributed by atoms with Crippen LogP contribution in [-0.2, 0) is 14.5 Å². The highest BCUT2D eigenvalue weighted by molar-refractivity contribution is 5.56. The van der Waals surface area contributed by atoms with E-state index >= 15 is 0 Å². The van der Waals surface area contributed by atoms with E-state index < -0.39 is 6.16 Å². The van der Waals surface area contributed by atoms with Gasteiger partial charge in [-0.05, 0) is 33.6 Å². The van der Waals surface area contributed by atoms with E-state index in [9.17, 15) is 4.79 Å². The molecular weight excluding hydrogens is 260 g/mol. The van der Waals surface area contributed by atoms with Gasteiger partial charge in [0.15, 0.2) is 0 Å². The van der Waals surface area contributed by atoms with Crippen molar-refractivity contribution in [3.63, 3.8) is 0 Å². The molecule has 0 aromatic rings. The molecule has 0 saturated carbocycles. The Hall–Kier alpha value is -0.810. The van der Waals surface area contributed by atoms with Crippen molar-refractivity contribution in [3.8, 4) is 0 Å². The Morgan fingerprint density at radius 1 is 0.850 bits per heavy atom. The third kappa shape index (κ3) is 17.2. The maximum Gasteiger partial charge on any atom is 0.505 e. The molecule has 120 valence electrons. The second-order valence-electron chi connectivity index (χ2n) is 5.96. The van der Waals surface area contributed by atoms with E-state index in [0.717, 1.165) is 32.1 Å². The minimum absolute atomic E-state index is 0.232. The van der Waals surface area contributed by atoms with Gasteiger partial charge in [-0.1, -0.05) is 38.5 Å². The predicted molar refractivity (Wildman–Crippen MR) is 77.7 cm³/mol. The van der Waals surface area contributed by atoms with E-state index in [2.05, 4.69) is 4.74 Å². The summed E-state index contributed by atoms with van der Waals surface area (Å²) in [7, 11) is 0. The molecule has 5 nitrogen and oxygen atoms in total. The molecule has 0 bridgehead atoms. The minimum atomic E-state index is -1.18. The Morgan fingerprint density at radius 3 is 1.75 bits per heavy atom. The first-order valence-corrected chi connectivity index (χ1v) is 7.58. The van der Waals surface area contributed by atoms with Crippen molar-refractivity contribution in [3.05, 3.63) is 0 Å². The first kappa shape index (κ1) is 19.2. The summed E-state index contributed by atoms with van der Waals surface area (Å²) in [5, 5.41) is 8.28. The highest BCUT2D eigenvalue weighted by Gasteiger charge is 2.10. The summed E-state index contributed by atoms with van der Waals surface area (Å²) >= 11 is 0. The van der Waals surface area contributed by atoms with Crippen LogP contribution in [0.15, 0.2) is 0 Å². The third-order valence-corrected chi connectivity index (χ3v) is 2.66. The van der Waals surface area contributed by atoms with E-state index in [1.165, 1.54) is 19.3 Å². The average molecular weight is 290 g/mol. The molecule has 0 aliphatic heterocycles. The van der Waals surface area contributed by atoms with Gasteiger partial charge in [-0.2, -0.15) is 0 Å². The number of ether oxygens (including phenoxy) is 1. The predicted octanol–water partition coefficient (Wildman–Crippen LogP) is 4.55. The zero-order valence-corrected chi connectivity index (χ0v) is 13.2. The molecule has 0 amide bonds. The molecule has 0 atom stereocenters. The molecule has 20 heavy (non-hydrogen) atoms. The van der Waals surface area contributed by atoms with E-state index in [0.29, 0.717) is 13.2 Å². The van der Waals surface area contributed by atoms with Crippen molar-refractivity contribution in [2.45, 2.75) is 77.7 Å². The van der Waals surface area contributed by atoms with Gasteiger partial charge in [-0.25, -0.2) is 14.6 Å². The van der Waals surface area contributed by atoms with Gasteiger partial charge < -0.3 is 9.84 Å². The van der Waals surface area contributed by atoms with Gasteiger partial charge in [-0.3, -0.25) is 0 Å². The van der Waals surface area contributed by atoms with Crippen LogP contribution in [0.4, 0.5) is 4.79 Å². The summed E-state index contributed by atoms with van der Waals surface area (Å²) < 4.78 is 4.44. The molecular formula is C15H30O5. The summed E-state index contributed by atoms with van der Waals surface area (Å²) in [5.41, 5.74) is -0.232. The van der Waals surface area contributed by atoms with Crippen LogP contribution in [0.5, 0.6) is 0 Å². The molecule has 1 N–H and O–H groups in total. The maximum atomic E-state index is 10.1. The normalized spacial score (nSPS) is 11.6. The number of unbranched alkanes of at least 4 members (excludes halogenated alkanes) is 7. The summed E-state index contributed by atoms with van der Waals surface area (Å²) in [6.07, 6.45) is 7.66. The van der Waals surface area contributed by atoms with E-state index in [4.69, 9.17) is 14.9 Å². The van der Waals surface area contributed by atoms with Crippen LogP contribution < -0.4 is 0 Å². The second kappa shape index (κ2) is 12.0. The second-order valence-corrected chi connectivity index (χ2v) is 5.96. The lowest BCUT2D eigenvalue weighted by Crippen LogP contribution is -2.19. The number of rotatable bonds is 12. The van der Waals surface area contributed by atoms with E-state index in [1.807, 2.05) is 20.8 Å². The SMILES string of the molecule is CC(C)(C)OOCCCCCCCCCCOC(=O)O. The number of hydrogen-bond donors (Lipinski definition) is 1. The fraction of sp³-hybridized carbons (Fsp3) is 0.933. The monoisotopic (exact) mass is 290 g/mol. The Bertz CT molecular complexity index is 235. The van der Waals surface area contributed by atoms with Crippen LogP contribution in [-0.4, -0.2) is 30.1 Å².